The van der Waals surface area contributed by atoms with E-state index in [2.05, 4.69) is 4.98 Å². The fourth-order valence-electron chi connectivity index (χ4n) is 3.50. The second-order valence-electron chi connectivity index (χ2n) is 6.95. The molecule has 0 bridgehead atoms. The van der Waals surface area contributed by atoms with Crippen LogP contribution in [0.15, 0.2) is 60.7 Å². The van der Waals surface area contributed by atoms with E-state index in [9.17, 15) is 9.59 Å². The van der Waals surface area contributed by atoms with Gasteiger partial charge in [0, 0.05) is 38.5 Å². The molecule has 4 rings (SSSR count). The van der Waals surface area contributed by atoms with Gasteiger partial charge in [-0.2, -0.15) is 0 Å². The second-order valence-corrected chi connectivity index (χ2v) is 6.95. The number of aromatic amines is 1. The number of carbonyl (C=O) groups is 2. The molecule has 4 aromatic rings. The predicted octanol–water partition coefficient (Wildman–Crippen LogP) is 5.47. The number of aryl methyl sites for hydroxylation is 1. The minimum Gasteiger partial charge on any atom is -0.355 e. The summed E-state index contributed by atoms with van der Waals surface area (Å²) in [6, 6.07) is 18.6. The molecule has 0 amide bonds. The molecule has 138 valence electrons. The van der Waals surface area contributed by atoms with E-state index in [-0.39, 0.29) is 17.3 Å². The molecule has 0 aliphatic rings. The summed E-state index contributed by atoms with van der Waals surface area (Å²) in [6.45, 7) is 3.73. The van der Waals surface area contributed by atoms with E-state index >= 15 is 0 Å². The van der Waals surface area contributed by atoms with Crippen molar-refractivity contribution < 1.29 is 9.59 Å². The third-order valence-corrected chi connectivity index (χ3v) is 5.14. The molecule has 4 heteroatoms. The summed E-state index contributed by atoms with van der Waals surface area (Å²) < 4.78 is 0. The van der Waals surface area contributed by atoms with E-state index in [1.165, 1.54) is 0 Å². The quantitative estimate of drug-likeness (QED) is 0.362. The summed E-state index contributed by atoms with van der Waals surface area (Å²) in [5.41, 5.74) is 4.64. The number of hydrogen-bond donors (Lipinski definition) is 2. The van der Waals surface area contributed by atoms with Crippen LogP contribution in [0.4, 0.5) is 0 Å². The van der Waals surface area contributed by atoms with Crippen LogP contribution in [0.25, 0.3) is 21.8 Å². The van der Waals surface area contributed by atoms with Crippen LogP contribution < -0.4 is 0 Å². The minimum absolute atomic E-state index is 0.0191. The summed E-state index contributed by atoms with van der Waals surface area (Å²) in [6.07, 6.45) is 0.403. The lowest BCUT2D eigenvalue weighted by atomic mass is 9.97. The molecule has 0 saturated carbocycles. The molecule has 0 spiro atoms. The fraction of sp³-hybridized carbons (Fsp3) is 0.125. The number of aromatic nitrogens is 1. The van der Waals surface area contributed by atoms with E-state index in [1.54, 1.807) is 13.0 Å². The van der Waals surface area contributed by atoms with Gasteiger partial charge < -0.3 is 10.4 Å². The van der Waals surface area contributed by atoms with Gasteiger partial charge in [-0.15, -0.1) is 0 Å². The number of hydrogen-bond acceptors (Lipinski definition) is 3. The van der Waals surface area contributed by atoms with Crippen molar-refractivity contribution >= 4 is 39.1 Å². The fourth-order valence-corrected chi connectivity index (χ4v) is 3.50. The largest absolute Gasteiger partial charge is 0.355 e. The maximum absolute atomic E-state index is 13.0. The highest BCUT2D eigenvalue weighted by Crippen LogP contribution is 2.28. The van der Waals surface area contributed by atoms with Crippen LogP contribution in [-0.2, 0) is 0 Å². The topological polar surface area (TPSA) is 73.8 Å². The zero-order valence-corrected chi connectivity index (χ0v) is 15.8. The lowest BCUT2D eigenvalue weighted by Gasteiger charge is -2.05. The van der Waals surface area contributed by atoms with Crippen LogP contribution in [0.2, 0.25) is 0 Å². The molecule has 0 unspecified atom stereocenters. The monoisotopic (exact) mass is 368 g/mol. The molecule has 0 fully saturated rings. The summed E-state index contributed by atoms with van der Waals surface area (Å²) in [5, 5.41) is 9.59. The molecule has 1 aromatic heterocycles. The Labute approximate surface area is 162 Å². The zero-order chi connectivity index (χ0) is 19.8. The van der Waals surface area contributed by atoms with E-state index in [4.69, 9.17) is 5.41 Å². The Bertz CT molecular complexity index is 1260. The first-order valence-corrected chi connectivity index (χ1v) is 9.27. The van der Waals surface area contributed by atoms with Crippen LogP contribution >= 0.6 is 0 Å². The number of nitrogens with one attached hydrogen (secondary N) is 2. The Morgan fingerprint density at radius 1 is 0.893 bits per heavy atom. The molecule has 0 radical (unpaired) electrons. The average Bonchev–Trinajstić information content (AvgIpc) is 3.09. The van der Waals surface area contributed by atoms with Gasteiger partial charge in [-0.3, -0.25) is 9.59 Å². The maximum atomic E-state index is 13.0. The molecule has 3 aromatic carbocycles. The molecule has 0 aliphatic heterocycles. The average molecular weight is 368 g/mol. The normalized spacial score (nSPS) is 11.1. The first-order chi connectivity index (χ1) is 13.5. The molecule has 0 saturated heterocycles. The van der Waals surface area contributed by atoms with Gasteiger partial charge in [-0.1, -0.05) is 31.2 Å². The number of ketones is 2. The van der Waals surface area contributed by atoms with Crippen molar-refractivity contribution in [2.24, 2.45) is 0 Å². The minimum atomic E-state index is -0.258. The number of fused-ring (bicyclic) bond motifs is 3. The van der Waals surface area contributed by atoms with Gasteiger partial charge in [0.15, 0.2) is 5.78 Å². The van der Waals surface area contributed by atoms with E-state index in [1.807, 2.05) is 61.5 Å². The van der Waals surface area contributed by atoms with Crippen molar-refractivity contribution in [2.75, 3.05) is 0 Å². The van der Waals surface area contributed by atoms with Crippen LogP contribution in [0.3, 0.4) is 0 Å². The highest BCUT2D eigenvalue weighted by molar-refractivity contribution is 6.45. The van der Waals surface area contributed by atoms with Crippen LogP contribution in [0.5, 0.6) is 0 Å². The van der Waals surface area contributed by atoms with Gasteiger partial charge in [-0.25, -0.2) is 0 Å². The molecule has 1 heterocycles. The summed E-state index contributed by atoms with van der Waals surface area (Å²) >= 11 is 0. The predicted molar refractivity (Wildman–Crippen MR) is 113 cm³/mol. The molecule has 4 nitrogen and oxygen atoms in total. The Kier molecular flexibility index (Phi) is 4.40. The highest BCUT2D eigenvalue weighted by atomic mass is 16.1. The van der Waals surface area contributed by atoms with Crippen molar-refractivity contribution in [1.82, 2.24) is 4.98 Å². The lowest BCUT2D eigenvalue weighted by molar-refractivity contribution is 0.103. The molecule has 2 N–H and O–H groups in total. The number of Topliss-reactive ketones (excluding diaryl/α,β-unsaturated/α-hetero) is 1. The Morgan fingerprint density at radius 2 is 1.50 bits per heavy atom. The molecular formula is C24H20N2O2. The van der Waals surface area contributed by atoms with Crippen molar-refractivity contribution in [1.29, 1.82) is 5.41 Å². The Morgan fingerprint density at radius 3 is 2.14 bits per heavy atom. The zero-order valence-electron chi connectivity index (χ0n) is 15.8. The molecule has 28 heavy (non-hydrogen) atoms. The maximum Gasteiger partial charge on any atom is 0.206 e. The van der Waals surface area contributed by atoms with E-state index < -0.39 is 0 Å². The molecule has 0 aliphatic carbocycles. The molecule has 0 atom stereocenters. The van der Waals surface area contributed by atoms with Crippen molar-refractivity contribution in [3.63, 3.8) is 0 Å². The van der Waals surface area contributed by atoms with Crippen molar-refractivity contribution in [3.05, 3.63) is 82.9 Å². The van der Waals surface area contributed by atoms with E-state index in [0.717, 1.165) is 27.4 Å². The van der Waals surface area contributed by atoms with Gasteiger partial charge in [0.25, 0.3) is 0 Å². The number of benzene rings is 3. The highest BCUT2D eigenvalue weighted by Gasteiger charge is 2.16. The van der Waals surface area contributed by atoms with Gasteiger partial charge >= 0.3 is 0 Å². The third kappa shape index (κ3) is 2.93. The SMILES string of the molecule is CCC(=N)C(=O)c1ccc2[nH]c3ccc(C(=O)c4ccccc4C)cc3c2c1. The first-order valence-electron chi connectivity index (χ1n) is 9.27. The van der Waals surface area contributed by atoms with Gasteiger partial charge in [-0.05, 0) is 55.3 Å². The smallest absolute Gasteiger partial charge is 0.206 e. The second kappa shape index (κ2) is 6.89. The molecular weight excluding hydrogens is 348 g/mol. The van der Waals surface area contributed by atoms with Crippen LogP contribution in [0, 0.1) is 12.3 Å². The van der Waals surface area contributed by atoms with E-state index in [0.29, 0.717) is 23.1 Å². The number of carbonyl (C=O) groups excluding carboxylic acids is 2. The summed E-state index contributed by atoms with van der Waals surface area (Å²) in [4.78, 5) is 28.7. The lowest BCUT2D eigenvalue weighted by Crippen LogP contribution is -2.11. The Balaban J connectivity index is 1.85. The van der Waals surface area contributed by atoms with Crippen molar-refractivity contribution in [2.45, 2.75) is 20.3 Å². The van der Waals surface area contributed by atoms with Gasteiger partial charge in [0.05, 0.1) is 5.71 Å². The third-order valence-electron chi connectivity index (χ3n) is 5.14. The van der Waals surface area contributed by atoms with Crippen LogP contribution in [-0.4, -0.2) is 22.3 Å². The number of H-pyrrole nitrogens is 1. The standard InChI is InChI=1S/C24H20N2O2/c1-3-20(25)24(28)16-9-11-22-19(13-16)18-12-15(8-10-21(18)26-22)23(27)17-7-5-4-6-14(17)2/h4-13,25-26H,3H2,1-2H3. The first kappa shape index (κ1) is 17.9. The summed E-state index contributed by atoms with van der Waals surface area (Å²) in [7, 11) is 0. The Hall–Kier alpha value is -3.53. The summed E-state index contributed by atoms with van der Waals surface area (Å²) in [5.74, 6) is -0.278. The van der Waals surface area contributed by atoms with Crippen molar-refractivity contribution in [3.8, 4) is 0 Å². The van der Waals surface area contributed by atoms with Gasteiger partial charge in [0.2, 0.25) is 5.78 Å². The van der Waals surface area contributed by atoms with Gasteiger partial charge in [0.1, 0.15) is 0 Å². The van der Waals surface area contributed by atoms with Crippen LogP contribution in [0.1, 0.15) is 45.2 Å². The number of rotatable bonds is 5.